The van der Waals surface area contributed by atoms with E-state index in [-0.39, 0.29) is 22.5 Å². The molecule has 0 aromatic rings. The van der Waals surface area contributed by atoms with Gasteiger partial charge < -0.3 is 5.32 Å². The highest BCUT2D eigenvalue weighted by Gasteiger charge is 2.38. The van der Waals surface area contributed by atoms with E-state index in [4.69, 9.17) is 0 Å². The first kappa shape index (κ1) is 11.5. The van der Waals surface area contributed by atoms with Gasteiger partial charge in [-0.1, -0.05) is 0 Å². The molecule has 2 saturated heterocycles. The van der Waals surface area contributed by atoms with Crippen LogP contribution >= 0.6 is 17.0 Å². The summed E-state index contributed by atoms with van der Waals surface area (Å²) < 4.78 is 22.3. The first-order chi connectivity index (χ1) is 5.62. The Bertz CT molecular complexity index is 254. The fourth-order valence-corrected chi connectivity index (χ4v) is 3.83. The maximum Gasteiger partial charge on any atom is 0.150 e. The van der Waals surface area contributed by atoms with Gasteiger partial charge >= 0.3 is 0 Å². The smallest absolute Gasteiger partial charge is 0.150 e. The van der Waals surface area contributed by atoms with Crippen LogP contribution < -0.4 is 5.32 Å². The summed E-state index contributed by atoms with van der Waals surface area (Å²) in [6.45, 7) is 1.07. The minimum atomic E-state index is -2.69. The van der Waals surface area contributed by atoms with Crippen molar-refractivity contribution in [1.29, 1.82) is 0 Å². The molecule has 78 valence electrons. The molecule has 2 aliphatic heterocycles. The lowest BCUT2D eigenvalue weighted by Gasteiger charge is -2.33. The summed E-state index contributed by atoms with van der Waals surface area (Å²) in [6, 6.07) is 0. The van der Waals surface area contributed by atoms with Gasteiger partial charge in [-0.25, -0.2) is 8.42 Å². The standard InChI is InChI=1S/C8H15NO2S.BrH/c10-12(11)6-3-8(4-7-12)2-1-5-9-8;/h9H,1-7H2;1H. The van der Waals surface area contributed by atoms with Crippen LogP contribution in [0.4, 0.5) is 0 Å². The van der Waals surface area contributed by atoms with Gasteiger partial charge in [0.15, 0.2) is 0 Å². The van der Waals surface area contributed by atoms with Gasteiger partial charge in [-0.05, 0) is 32.2 Å². The molecular weight excluding hydrogens is 254 g/mol. The lowest BCUT2D eigenvalue weighted by atomic mass is 9.91. The van der Waals surface area contributed by atoms with E-state index >= 15 is 0 Å². The largest absolute Gasteiger partial charge is 0.311 e. The Hall–Kier alpha value is 0.390. The van der Waals surface area contributed by atoms with Gasteiger partial charge in [-0.2, -0.15) is 0 Å². The Labute approximate surface area is 90.0 Å². The van der Waals surface area contributed by atoms with Crippen molar-refractivity contribution in [2.75, 3.05) is 18.1 Å². The van der Waals surface area contributed by atoms with Crippen LogP contribution in [0.5, 0.6) is 0 Å². The third-order valence-corrected chi connectivity index (χ3v) is 4.77. The normalized spacial score (nSPS) is 29.8. The van der Waals surface area contributed by atoms with Crippen LogP contribution in [-0.4, -0.2) is 32.0 Å². The highest BCUT2D eigenvalue weighted by Crippen LogP contribution is 2.31. The van der Waals surface area contributed by atoms with E-state index in [2.05, 4.69) is 5.32 Å². The highest BCUT2D eigenvalue weighted by atomic mass is 79.9. The molecule has 0 amide bonds. The van der Waals surface area contributed by atoms with Gasteiger partial charge in [0.1, 0.15) is 9.84 Å². The highest BCUT2D eigenvalue weighted by molar-refractivity contribution is 8.93. The molecule has 0 radical (unpaired) electrons. The second-order valence-corrected chi connectivity index (χ2v) is 6.27. The Morgan fingerprint density at radius 1 is 1.08 bits per heavy atom. The van der Waals surface area contributed by atoms with Crippen LogP contribution in [-0.2, 0) is 9.84 Å². The van der Waals surface area contributed by atoms with Crippen molar-refractivity contribution < 1.29 is 8.42 Å². The first-order valence-electron chi connectivity index (χ1n) is 4.57. The molecule has 2 fully saturated rings. The topological polar surface area (TPSA) is 46.2 Å². The second-order valence-electron chi connectivity index (χ2n) is 3.96. The van der Waals surface area contributed by atoms with Crippen LogP contribution in [0.2, 0.25) is 0 Å². The summed E-state index contributed by atoms with van der Waals surface area (Å²) in [4.78, 5) is 0. The molecule has 1 N–H and O–H groups in total. The molecule has 0 aromatic carbocycles. The number of sulfone groups is 1. The zero-order chi connectivity index (χ0) is 8.66. The number of hydrogen-bond acceptors (Lipinski definition) is 3. The van der Waals surface area contributed by atoms with Gasteiger partial charge in [0.05, 0.1) is 11.5 Å². The fraction of sp³-hybridized carbons (Fsp3) is 1.00. The Morgan fingerprint density at radius 3 is 2.15 bits per heavy atom. The molecule has 13 heavy (non-hydrogen) atoms. The molecule has 0 saturated carbocycles. The molecule has 0 atom stereocenters. The second kappa shape index (κ2) is 3.87. The van der Waals surface area contributed by atoms with Crippen molar-refractivity contribution in [1.82, 2.24) is 5.32 Å². The average Bonchev–Trinajstić information content (AvgIpc) is 2.46. The third kappa shape index (κ3) is 2.44. The Balaban J connectivity index is 0.000000845. The van der Waals surface area contributed by atoms with E-state index < -0.39 is 9.84 Å². The summed E-state index contributed by atoms with van der Waals surface area (Å²) in [7, 11) is -2.69. The van der Waals surface area contributed by atoms with Gasteiger partial charge in [0.25, 0.3) is 0 Å². The van der Waals surface area contributed by atoms with Crippen LogP contribution in [0.25, 0.3) is 0 Å². The summed E-state index contributed by atoms with van der Waals surface area (Å²) in [5.74, 6) is 0.778. The predicted octanol–water partition coefficient (Wildman–Crippen LogP) is 0.895. The van der Waals surface area contributed by atoms with Crippen LogP contribution in [0, 0.1) is 0 Å². The van der Waals surface area contributed by atoms with E-state index in [0.717, 1.165) is 19.4 Å². The number of hydrogen-bond donors (Lipinski definition) is 1. The summed E-state index contributed by atoms with van der Waals surface area (Å²) in [6.07, 6.45) is 4.03. The molecular formula is C8H16BrNO2S. The minimum absolute atomic E-state index is 0. The maximum atomic E-state index is 11.2. The summed E-state index contributed by atoms with van der Waals surface area (Å²) >= 11 is 0. The first-order valence-corrected chi connectivity index (χ1v) is 6.40. The van der Waals surface area contributed by atoms with E-state index in [0.29, 0.717) is 11.5 Å². The van der Waals surface area contributed by atoms with Gasteiger partial charge in [0.2, 0.25) is 0 Å². The number of halogens is 1. The van der Waals surface area contributed by atoms with Crippen molar-refractivity contribution in [3.63, 3.8) is 0 Å². The van der Waals surface area contributed by atoms with Crippen molar-refractivity contribution in [2.24, 2.45) is 0 Å². The maximum absolute atomic E-state index is 11.2. The molecule has 0 unspecified atom stereocenters. The molecule has 2 rings (SSSR count). The number of nitrogens with one attached hydrogen (secondary N) is 1. The fourth-order valence-electron chi connectivity index (χ4n) is 2.22. The van der Waals surface area contributed by atoms with Crippen LogP contribution in [0.15, 0.2) is 0 Å². The minimum Gasteiger partial charge on any atom is -0.311 e. The van der Waals surface area contributed by atoms with E-state index in [1.54, 1.807) is 0 Å². The van der Waals surface area contributed by atoms with Gasteiger partial charge in [0, 0.05) is 5.54 Å². The lowest BCUT2D eigenvalue weighted by Crippen LogP contribution is -2.46. The quantitative estimate of drug-likeness (QED) is 0.711. The van der Waals surface area contributed by atoms with Gasteiger partial charge in [-0.3, -0.25) is 0 Å². The monoisotopic (exact) mass is 269 g/mol. The summed E-state index contributed by atoms with van der Waals surface area (Å²) in [5.41, 5.74) is 0.200. The lowest BCUT2D eigenvalue weighted by molar-refractivity contribution is 0.339. The van der Waals surface area contributed by atoms with Crippen LogP contribution in [0.3, 0.4) is 0 Å². The zero-order valence-corrected chi connectivity index (χ0v) is 10.1. The molecule has 2 aliphatic rings. The van der Waals surface area contributed by atoms with Crippen LogP contribution in [0.1, 0.15) is 25.7 Å². The summed E-state index contributed by atoms with van der Waals surface area (Å²) in [5, 5.41) is 3.45. The van der Waals surface area contributed by atoms with E-state index in [9.17, 15) is 8.42 Å². The van der Waals surface area contributed by atoms with Crippen molar-refractivity contribution >= 4 is 26.8 Å². The third-order valence-electron chi connectivity index (χ3n) is 3.12. The Kier molecular flexibility index (Phi) is 3.41. The zero-order valence-electron chi connectivity index (χ0n) is 7.58. The predicted molar refractivity (Wildman–Crippen MR) is 58.2 cm³/mol. The molecule has 0 aromatic heterocycles. The van der Waals surface area contributed by atoms with Crippen molar-refractivity contribution in [3.05, 3.63) is 0 Å². The average molecular weight is 270 g/mol. The Morgan fingerprint density at radius 2 is 1.69 bits per heavy atom. The van der Waals surface area contributed by atoms with Crippen molar-refractivity contribution in [3.8, 4) is 0 Å². The molecule has 3 nitrogen and oxygen atoms in total. The van der Waals surface area contributed by atoms with Crippen molar-refractivity contribution in [2.45, 2.75) is 31.2 Å². The van der Waals surface area contributed by atoms with E-state index in [1.165, 1.54) is 12.8 Å². The number of rotatable bonds is 0. The molecule has 5 heteroatoms. The molecule has 2 heterocycles. The molecule has 1 spiro atoms. The molecule has 0 bridgehead atoms. The van der Waals surface area contributed by atoms with Gasteiger partial charge in [-0.15, -0.1) is 17.0 Å². The molecule has 0 aliphatic carbocycles. The SMILES string of the molecule is Br.O=S1(=O)CCC2(CCCN2)CC1. The van der Waals surface area contributed by atoms with E-state index in [1.807, 2.05) is 0 Å².